The number of aliphatic hydroxyl groups is 1. The van der Waals surface area contributed by atoms with Crippen molar-refractivity contribution in [1.82, 2.24) is 9.62 Å². The molecule has 1 aliphatic heterocycles. The summed E-state index contributed by atoms with van der Waals surface area (Å²) in [6.45, 7) is -0.222. The first kappa shape index (κ1) is 21.3. The van der Waals surface area contributed by atoms with E-state index in [1.807, 2.05) is 30.3 Å². The van der Waals surface area contributed by atoms with Gasteiger partial charge in [0.05, 0.1) is 23.4 Å². The summed E-state index contributed by atoms with van der Waals surface area (Å²) in [5.74, 6) is 0.213. The van der Waals surface area contributed by atoms with Gasteiger partial charge in [-0.1, -0.05) is 46.3 Å². The van der Waals surface area contributed by atoms with Gasteiger partial charge in [0.15, 0.2) is 0 Å². The molecule has 150 valence electrons. The van der Waals surface area contributed by atoms with Crippen LogP contribution in [0.1, 0.15) is 5.56 Å². The summed E-state index contributed by atoms with van der Waals surface area (Å²) in [6, 6.07) is 14.6. The number of nitrogens with one attached hydrogen (secondary N) is 1. The highest BCUT2D eigenvalue weighted by Gasteiger charge is 2.40. The third kappa shape index (κ3) is 4.96. The van der Waals surface area contributed by atoms with E-state index in [0.29, 0.717) is 12.2 Å². The highest BCUT2D eigenvalue weighted by molar-refractivity contribution is 9.10. The number of hydrogen-bond donors (Lipinski definition) is 2. The van der Waals surface area contributed by atoms with Crippen LogP contribution in [0.5, 0.6) is 0 Å². The van der Waals surface area contributed by atoms with E-state index in [1.165, 1.54) is 28.2 Å². The van der Waals surface area contributed by atoms with Crippen molar-refractivity contribution in [2.24, 2.45) is 0 Å². The fourth-order valence-electron chi connectivity index (χ4n) is 2.97. The van der Waals surface area contributed by atoms with Gasteiger partial charge in [0, 0.05) is 10.2 Å². The molecule has 9 heteroatoms. The maximum absolute atomic E-state index is 13.0. The second kappa shape index (κ2) is 9.41. The Balaban J connectivity index is 1.72. The van der Waals surface area contributed by atoms with Crippen LogP contribution in [-0.2, 0) is 21.2 Å². The number of halogens is 1. The monoisotopic (exact) mass is 484 g/mol. The number of benzene rings is 2. The molecule has 0 bridgehead atoms. The average molecular weight is 485 g/mol. The molecule has 1 aliphatic rings. The predicted molar refractivity (Wildman–Crippen MR) is 113 cm³/mol. The van der Waals surface area contributed by atoms with Gasteiger partial charge in [-0.2, -0.15) is 4.31 Å². The van der Waals surface area contributed by atoms with Gasteiger partial charge in [-0.05, 0) is 36.2 Å². The number of sulfonamides is 1. The summed E-state index contributed by atoms with van der Waals surface area (Å²) in [6.07, 6.45) is 0.475. The molecule has 1 heterocycles. The summed E-state index contributed by atoms with van der Waals surface area (Å²) in [7, 11) is -3.78. The van der Waals surface area contributed by atoms with Crippen molar-refractivity contribution < 1.29 is 18.3 Å². The minimum Gasteiger partial charge on any atom is -0.394 e. The Morgan fingerprint density at radius 2 is 1.89 bits per heavy atom. The van der Waals surface area contributed by atoms with Gasteiger partial charge in [-0.15, -0.1) is 11.8 Å². The van der Waals surface area contributed by atoms with E-state index in [2.05, 4.69) is 21.2 Å². The second-order valence-corrected chi connectivity index (χ2v) is 10.2. The van der Waals surface area contributed by atoms with Crippen LogP contribution in [0, 0.1) is 0 Å². The SMILES string of the molecule is O=C(N[C@H](CO)Cc1ccccc1)[C@H]1CSCN1S(=O)(=O)c1ccc(Br)cc1. The summed E-state index contributed by atoms with van der Waals surface area (Å²) in [5, 5.41) is 12.5. The topological polar surface area (TPSA) is 86.7 Å². The normalized spacial score (nSPS) is 18.7. The Hall–Kier alpha value is -1.39. The third-order valence-electron chi connectivity index (χ3n) is 4.46. The molecular formula is C19H21BrN2O4S2. The maximum atomic E-state index is 13.0. The van der Waals surface area contributed by atoms with Gasteiger partial charge in [-0.3, -0.25) is 4.79 Å². The molecule has 0 aliphatic carbocycles. The Morgan fingerprint density at radius 3 is 2.54 bits per heavy atom. The van der Waals surface area contributed by atoms with Crippen molar-refractivity contribution in [1.29, 1.82) is 0 Å². The number of carbonyl (C=O) groups is 1. The second-order valence-electron chi connectivity index (χ2n) is 6.44. The maximum Gasteiger partial charge on any atom is 0.244 e. The van der Waals surface area contributed by atoms with Crippen LogP contribution in [-0.4, -0.2) is 54.1 Å². The minimum atomic E-state index is -3.78. The first-order chi connectivity index (χ1) is 13.4. The fourth-order valence-corrected chi connectivity index (χ4v) is 6.38. The number of rotatable bonds is 7. The molecule has 2 atom stereocenters. The Morgan fingerprint density at radius 1 is 1.21 bits per heavy atom. The van der Waals surface area contributed by atoms with Gasteiger partial charge in [-0.25, -0.2) is 8.42 Å². The molecule has 2 N–H and O–H groups in total. The van der Waals surface area contributed by atoms with Crippen molar-refractivity contribution in [3.05, 3.63) is 64.6 Å². The molecule has 0 radical (unpaired) electrons. The molecule has 3 rings (SSSR count). The van der Waals surface area contributed by atoms with E-state index in [9.17, 15) is 18.3 Å². The molecule has 1 fully saturated rings. The summed E-state index contributed by atoms with van der Waals surface area (Å²) >= 11 is 4.69. The molecule has 2 aromatic rings. The van der Waals surface area contributed by atoms with Crippen LogP contribution < -0.4 is 5.32 Å². The minimum absolute atomic E-state index is 0.152. The first-order valence-electron chi connectivity index (χ1n) is 8.72. The average Bonchev–Trinajstić information content (AvgIpc) is 3.19. The van der Waals surface area contributed by atoms with Crippen molar-refractivity contribution in [2.45, 2.75) is 23.4 Å². The largest absolute Gasteiger partial charge is 0.394 e. The van der Waals surface area contributed by atoms with Gasteiger partial charge in [0.1, 0.15) is 6.04 Å². The van der Waals surface area contributed by atoms with E-state index >= 15 is 0 Å². The van der Waals surface area contributed by atoms with E-state index in [1.54, 1.807) is 12.1 Å². The smallest absolute Gasteiger partial charge is 0.244 e. The number of carbonyl (C=O) groups excluding carboxylic acids is 1. The zero-order chi connectivity index (χ0) is 20.1. The van der Waals surface area contributed by atoms with Crippen molar-refractivity contribution in [3.8, 4) is 0 Å². The molecule has 0 aromatic heterocycles. The van der Waals surface area contributed by atoms with Gasteiger partial charge in [0.2, 0.25) is 15.9 Å². The van der Waals surface area contributed by atoms with Crippen LogP contribution in [0.4, 0.5) is 0 Å². The lowest BCUT2D eigenvalue weighted by atomic mass is 10.1. The molecular weight excluding hydrogens is 464 g/mol. The van der Waals surface area contributed by atoms with E-state index < -0.39 is 22.1 Å². The zero-order valence-corrected chi connectivity index (χ0v) is 18.2. The Labute approximate surface area is 177 Å². The number of amides is 1. The standard InChI is InChI=1S/C19H21BrN2O4S2/c20-15-6-8-17(9-7-15)28(25,26)22-13-27-12-18(22)19(24)21-16(11-23)10-14-4-2-1-3-5-14/h1-9,16,18,23H,10-13H2,(H,21,24)/t16-,18+/m0/s1. The van der Waals surface area contributed by atoms with Crippen molar-refractivity contribution >= 4 is 43.6 Å². The molecule has 1 saturated heterocycles. The predicted octanol–water partition coefficient (Wildman–Crippen LogP) is 2.23. The van der Waals surface area contributed by atoms with E-state index in [4.69, 9.17) is 0 Å². The first-order valence-corrected chi connectivity index (χ1v) is 12.1. The highest BCUT2D eigenvalue weighted by Crippen LogP contribution is 2.29. The molecule has 0 saturated carbocycles. The molecule has 0 spiro atoms. The molecule has 1 amide bonds. The quantitative estimate of drug-likeness (QED) is 0.629. The summed E-state index contributed by atoms with van der Waals surface area (Å²) in [4.78, 5) is 13.0. The third-order valence-corrected chi connectivity index (χ3v) is 8.03. The van der Waals surface area contributed by atoms with Crippen LogP contribution in [0.25, 0.3) is 0 Å². The number of hydrogen-bond acceptors (Lipinski definition) is 5. The van der Waals surface area contributed by atoms with Crippen LogP contribution >= 0.6 is 27.7 Å². The van der Waals surface area contributed by atoms with Crippen LogP contribution in [0.15, 0.2) is 64.0 Å². The number of aliphatic hydroxyl groups excluding tert-OH is 1. The molecule has 6 nitrogen and oxygen atoms in total. The van der Waals surface area contributed by atoms with Crippen LogP contribution in [0.2, 0.25) is 0 Å². The summed E-state index contributed by atoms with van der Waals surface area (Å²) in [5.41, 5.74) is 0.988. The van der Waals surface area contributed by atoms with Gasteiger partial charge < -0.3 is 10.4 Å². The lowest BCUT2D eigenvalue weighted by molar-refractivity contribution is -0.124. The molecule has 0 unspecified atom stereocenters. The van der Waals surface area contributed by atoms with E-state index in [0.717, 1.165) is 10.0 Å². The Kier molecular flexibility index (Phi) is 7.16. The Bertz CT molecular complexity index is 907. The summed E-state index contributed by atoms with van der Waals surface area (Å²) < 4.78 is 28.0. The molecule has 2 aromatic carbocycles. The van der Waals surface area contributed by atoms with Gasteiger partial charge in [0.25, 0.3) is 0 Å². The van der Waals surface area contributed by atoms with Gasteiger partial charge >= 0.3 is 0 Å². The van der Waals surface area contributed by atoms with E-state index in [-0.39, 0.29) is 23.3 Å². The molecule has 28 heavy (non-hydrogen) atoms. The van der Waals surface area contributed by atoms with Crippen molar-refractivity contribution in [3.63, 3.8) is 0 Å². The lowest BCUT2D eigenvalue weighted by Crippen LogP contribution is -2.51. The van der Waals surface area contributed by atoms with Crippen LogP contribution in [0.3, 0.4) is 0 Å². The highest BCUT2D eigenvalue weighted by atomic mass is 79.9. The fraction of sp³-hybridized carbons (Fsp3) is 0.316. The number of nitrogens with zero attached hydrogens (tertiary/aromatic N) is 1. The number of thioether (sulfide) groups is 1. The van der Waals surface area contributed by atoms with Crippen molar-refractivity contribution in [2.75, 3.05) is 18.2 Å². The zero-order valence-electron chi connectivity index (χ0n) is 15.0. The lowest BCUT2D eigenvalue weighted by Gasteiger charge is -2.25.